The molecule has 1 aliphatic rings. The van der Waals surface area contributed by atoms with Gasteiger partial charge in [0, 0.05) is 11.1 Å². The smallest absolute Gasteiger partial charge is 0.135 e. The molecule has 2 nitrogen and oxygen atoms in total. The first kappa shape index (κ1) is 50.9. The molecule has 0 aliphatic carbocycles. The van der Waals surface area contributed by atoms with Crippen LogP contribution in [0.15, 0.2) is 127 Å². The van der Waals surface area contributed by atoms with Crippen molar-refractivity contribution in [3.05, 3.63) is 166 Å². The highest BCUT2D eigenvalue weighted by molar-refractivity contribution is 7.13. The Morgan fingerprint density at radius 1 is 0.418 bits per heavy atom. The quantitative estimate of drug-likeness (QED) is 0.0283. The Morgan fingerprint density at radius 3 is 1.28 bits per heavy atom. The zero-order chi connectivity index (χ0) is 46.9. The molecule has 5 aromatic rings. The molecule has 350 valence electrons. The fourth-order valence-electron chi connectivity index (χ4n) is 9.76. The van der Waals surface area contributed by atoms with Crippen molar-refractivity contribution in [2.45, 2.75) is 155 Å². The first-order valence-electron chi connectivity index (χ1n) is 26.1. The Labute approximate surface area is 407 Å². The van der Waals surface area contributed by atoms with Gasteiger partial charge < -0.3 is 9.47 Å². The third kappa shape index (κ3) is 15.3. The van der Waals surface area contributed by atoms with E-state index in [-0.39, 0.29) is 0 Å². The Bertz CT molecular complexity index is 2400. The number of hydrogen-bond donors (Lipinski definition) is 0. The molecule has 0 radical (unpaired) electrons. The number of unbranched alkanes of at least 4 members (excludes halogenated alkanes) is 18. The van der Waals surface area contributed by atoms with Gasteiger partial charge in [0.25, 0.3) is 0 Å². The van der Waals surface area contributed by atoms with Crippen molar-refractivity contribution < 1.29 is 9.47 Å². The first-order valence-corrected chi connectivity index (χ1v) is 29.1. The van der Waals surface area contributed by atoms with E-state index < -0.39 is 8.07 Å². The Balaban J connectivity index is 1.21. The van der Waals surface area contributed by atoms with Crippen molar-refractivity contribution >= 4 is 29.6 Å². The van der Waals surface area contributed by atoms with Gasteiger partial charge in [0.1, 0.15) is 19.6 Å². The van der Waals surface area contributed by atoms with E-state index in [0.717, 1.165) is 47.6 Å². The molecule has 0 spiro atoms. The molecule has 5 aromatic carbocycles. The SMILES string of the molecule is C#Cc1ccc(C2=C(c3ccccc3)C(c3ccccc3)=C(c3ccc(C#Cc4cc(OCCCCCCCCCCCC)ccc4OCCCCCCCCCCCC)cc3)[Si]2(C)C)cc1. The van der Waals surface area contributed by atoms with Gasteiger partial charge in [0.2, 0.25) is 0 Å². The van der Waals surface area contributed by atoms with Crippen LogP contribution >= 0.6 is 0 Å². The molecule has 0 bridgehead atoms. The minimum absolute atomic E-state index is 0.701. The molecular formula is C64H78O2Si. The maximum absolute atomic E-state index is 6.46. The number of hydrogen-bond acceptors (Lipinski definition) is 2. The second-order valence-electron chi connectivity index (χ2n) is 19.1. The molecule has 0 aromatic heterocycles. The number of ether oxygens (including phenoxy) is 2. The molecular weight excluding hydrogens is 829 g/mol. The summed E-state index contributed by atoms with van der Waals surface area (Å²) < 4.78 is 12.8. The molecule has 0 fully saturated rings. The van der Waals surface area contributed by atoms with Gasteiger partial charge in [-0.2, -0.15) is 0 Å². The molecule has 0 saturated carbocycles. The lowest BCUT2D eigenvalue weighted by Gasteiger charge is -2.26. The van der Waals surface area contributed by atoms with Crippen LogP contribution in [0, 0.1) is 24.2 Å². The topological polar surface area (TPSA) is 18.5 Å². The summed E-state index contributed by atoms with van der Waals surface area (Å²) >= 11 is 0. The summed E-state index contributed by atoms with van der Waals surface area (Å²) in [5.41, 5.74) is 10.3. The van der Waals surface area contributed by atoms with Gasteiger partial charge in [-0.3, -0.25) is 0 Å². The highest BCUT2D eigenvalue weighted by Gasteiger charge is 2.43. The Kier molecular flexibility index (Phi) is 21.3. The maximum Gasteiger partial charge on any atom is 0.135 e. The van der Waals surface area contributed by atoms with Crippen molar-refractivity contribution in [2.75, 3.05) is 13.2 Å². The molecule has 6 rings (SSSR count). The van der Waals surface area contributed by atoms with E-state index in [0.29, 0.717) is 6.61 Å². The summed E-state index contributed by atoms with van der Waals surface area (Å²) in [5, 5.41) is 2.86. The molecule has 1 aliphatic heterocycles. The minimum Gasteiger partial charge on any atom is -0.494 e. The lowest BCUT2D eigenvalue weighted by molar-refractivity contribution is 0.295. The maximum atomic E-state index is 6.46. The summed E-state index contributed by atoms with van der Waals surface area (Å²) in [6, 6.07) is 45.7. The van der Waals surface area contributed by atoms with Crippen molar-refractivity contribution in [3.63, 3.8) is 0 Å². The van der Waals surface area contributed by atoms with Gasteiger partial charge in [-0.25, -0.2) is 0 Å². The number of rotatable bonds is 28. The van der Waals surface area contributed by atoms with Crippen LogP contribution in [0.2, 0.25) is 13.1 Å². The van der Waals surface area contributed by atoms with Crippen LogP contribution in [-0.4, -0.2) is 21.3 Å². The largest absolute Gasteiger partial charge is 0.494 e. The highest BCUT2D eigenvalue weighted by atomic mass is 28.3. The normalized spacial score (nSPS) is 13.1. The summed E-state index contributed by atoms with van der Waals surface area (Å²) in [6.45, 7) is 11.0. The summed E-state index contributed by atoms with van der Waals surface area (Å²) in [6.07, 6.45) is 32.0. The lowest BCUT2D eigenvalue weighted by atomic mass is 9.89. The molecule has 3 heteroatoms. The van der Waals surface area contributed by atoms with E-state index in [4.69, 9.17) is 15.9 Å². The summed E-state index contributed by atoms with van der Waals surface area (Å²) in [7, 11) is -2.32. The number of allylic oxidation sites excluding steroid dienone is 2. The average molecular weight is 907 g/mol. The fraction of sp³-hybridized carbons (Fsp3) is 0.406. The van der Waals surface area contributed by atoms with E-state index in [9.17, 15) is 0 Å². The van der Waals surface area contributed by atoms with E-state index in [1.165, 1.54) is 159 Å². The van der Waals surface area contributed by atoms with Gasteiger partial charge in [-0.1, -0.05) is 245 Å². The number of benzene rings is 5. The van der Waals surface area contributed by atoms with Gasteiger partial charge in [-0.15, -0.1) is 6.42 Å². The average Bonchev–Trinajstić information content (AvgIpc) is 3.61. The first-order chi connectivity index (χ1) is 32.9. The summed E-state index contributed by atoms with van der Waals surface area (Å²) in [4.78, 5) is 0. The van der Waals surface area contributed by atoms with Crippen LogP contribution < -0.4 is 9.47 Å². The van der Waals surface area contributed by atoms with Crippen LogP contribution in [0.3, 0.4) is 0 Å². The van der Waals surface area contributed by atoms with Crippen molar-refractivity contribution in [2.24, 2.45) is 0 Å². The molecule has 0 saturated heterocycles. The highest BCUT2D eigenvalue weighted by Crippen LogP contribution is 2.55. The Morgan fingerprint density at radius 2 is 0.836 bits per heavy atom. The summed E-state index contributed by atoms with van der Waals surface area (Å²) in [5.74, 6) is 11.6. The minimum atomic E-state index is -2.32. The molecule has 0 N–H and O–H groups in total. The zero-order valence-electron chi connectivity index (χ0n) is 41.6. The van der Waals surface area contributed by atoms with Gasteiger partial charge in [0.15, 0.2) is 0 Å². The van der Waals surface area contributed by atoms with E-state index in [2.05, 4.69) is 172 Å². The monoisotopic (exact) mass is 907 g/mol. The van der Waals surface area contributed by atoms with Crippen molar-refractivity contribution in [1.82, 2.24) is 0 Å². The Hall–Kier alpha value is -5.48. The van der Waals surface area contributed by atoms with Gasteiger partial charge in [0.05, 0.1) is 18.8 Å². The third-order valence-corrected chi connectivity index (χ3v) is 17.0. The molecule has 67 heavy (non-hydrogen) atoms. The molecule has 1 heterocycles. The van der Waals surface area contributed by atoms with Gasteiger partial charge in [-0.05, 0) is 99.1 Å². The fourth-order valence-corrected chi connectivity index (χ4v) is 13.6. The lowest BCUT2D eigenvalue weighted by Crippen LogP contribution is -2.28. The second kappa shape index (κ2) is 28.0. The van der Waals surface area contributed by atoms with Crippen LogP contribution in [-0.2, 0) is 0 Å². The number of terminal acetylenes is 1. The van der Waals surface area contributed by atoms with Crippen LogP contribution in [0.4, 0.5) is 0 Å². The van der Waals surface area contributed by atoms with Crippen LogP contribution in [0.5, 0.6) is 11.5 Å². The van der Waals surface area contributed by atoms with Crippen LogP contribution in [0.25, 0.3) is 21.5 Å². The standard InChI is InChI=1S/C64H78O2Si/c1-6-9-11-13-15-17-19-21-23-31-49-65-59-47-48-60(66-50-32-24-22-20-18-16-14-12-10-7-2)58(51-59)46-41-53-39-44-57(45-40-53)64-62(55-35-29-26-30-36-55)61(54-33-27-25-28-34-54)63(67(64,4)5)56-42-37-52(8-3)38-43-56/h3,25-30,33-40,42-45,47-48,51H,6-7,9-24,31-32,49-50H2,1-2,4-5H3. The molecule has 0 atom stereocenters. The van der Waals surface area contributed by atoms with E-state index in [1.807, 2.05) is 0 Å². The third-order valence-electron chi connectivity index (χ3n) is 13.5. The van der Waals surface area contributed by atoms with Crippen molar-refractivity contribution in [1.29, 1.82) is 0 Å². The van der Waals surface area contributed by atoms with Crippen LogP contribution in [0.1, 0.15) is 181 Å². The zero-order valence-corrected chi connectivity index (χ0v) is 42.6. The molecule has 0 amide bonds. The van der Waals surface area contributed by atoms with E-state index in [1.54, 1.807) is 0 Å². The predicted molar refractivity (Wildman–Crippen MR) is 292 cm³/mol. The second-order valence-corrected chi connectivity index (χ2v) is 23.4. The van der Waals surface area contributed by atoms with Gasteiger partial charge >= 0.3 is 0 Å². The van der Waals surface area contributed by atoms with Crippen molar-refractivity contribution in [3.8, 4) is 35.7 Å². The molecule has 0 unspecified atom stereocenters. The predicted octanol–water partition coefficient (Wildman–Crippen LogP) is 18.0. The van der Waals surface area contributed by atoms with E-state index >= 15 is 0 Å².